The van der Waals surface area contributed by atoms with Crippen LogP contribution in [0.25, 0.3) is 0 Å². The summed E-state index contributed by atoms with van der Waals surface area (Å²) in [6, 6.07) is 0. The van der Waals surface area contributed by atoms with Gasteiger partial charge in [-0.25, -0.2) is 0 Å². The molecule has 0 amide bonds. The fourth-order valence-electron chi connectivity index (χ4n) is 3.00. The molecule has 3 atom stereocenters. The first-order valence-corrected chi connectivity index (χ1v) is 4.96. The van der Waals surface area contributed by atoms with Crippen molar-refractivity contribution in [3.63, 3.8) is 0 Å². The molecule has 68 valence electrons. The molecular weight excluding hydrogens is 152 g/mol. The Balaban J connectivity index is 2.04. The average Bonchev–Trinajstić information content (AvgIpc) is 2.58. The van der Waals surface area contributed by atoms with E-state index in [1.54, 1.807) is 0 Å². The van der Waals surface area contributed by atoms with Crippen molar-refractivity contribution in [3.8, 4) is 0 Å². The molecule has 0 radical (unpaired) electrons. The first-order valence-electron chi connectivity index (χ1n) is 4.96. The maximum Gasteiger partial charge on any atom is 0.136 e. The predicted molar refractivity (Wildman–Crippen MR) is 45.6 cm³/mol. The number of fused-ring (bicyclic) bond motifs is 1. The Morgan fingerprint density at radius 3 is 3.00 bits per heavy atom. The second-order valence-corrected chi connectivity index (χ2v) is 4.14. The number of aliphatic hydroxyl groups excluding tert-OH is 1. The van der Waals surface area contributed by atoms with Crippen molar-refractivity contribution in [1.29, 1.82) is 0 Å². The van der Waals surface area contributed by atoms with Crippen LogP contribution in [0.5, 0.6) is 0 Å². The molecule has 0 aromatic carbocycles. The molecule has 2 rings (SSSR count). The lowest BCUT2D eigenvalue weighted by Crippen LogP contribution is -2.11. The fourth-order valence-corrected chi connectivity index (χ4v) is 3.00. The summed E-state index contributed by atoms with van der Waals surface area (Å²) in [6.07, 6.45) is 5.15. The molecule has 3 unspecified atom stereocenters. The van der Waals surface area contributed by atoms with Gasteiger partial charge in [0.15, 0.2) is 0 Å². The van der Waals surface area contributed by atoms with E-state index in [9.17, 15) is 4.79 Å². The number of carbonyl (C=O) groups excluding carboxylic acids is 1. The van der Waals surface area contributed by atoms with Crippen LogP contribution in [0, 0.1) is 17.8 Å². The molecule has 0 heterocycles. The lowest BCUT2D eigenvalue weighted by atomic mass is 9.90. The minimum Gasteiger partial charge on any atom is -0.396 e. The van der Waals surface area contributed by atoms with Gasteiger partial charge in [-0.2, -0.15) is 0 Å². The van der Waals surface area contributed by atoms with Crippen LogP contribution in [0.15, 0.2) is 0 Å². The second kappa shape index (κ2) is 3.17. The Kier molecular flexibility index (Phi) is 2.18. The van der Waals surface area contributed by atoms with Crippen LogP contribution < -0.4 is 0 Å². The number of hydrogen-bond donors (Lipinski definition) is 1. The zero-order chi connectivity index (χ0) is 8.55. The Bertz CT molecular complexity index is 188. The first kappa shape index (κ1) is 8.24. The molecule has 1 N–H and O–H groups in total. The number of rotatable bonds is 2. The van der Waals surface area contributed by atoms with Gasteiger partial charge in [0.2, 0.25) is 0 Å². The van der Waals surface area contributed by atoms with E-state index in [0.717, 1.165) is 19.3 Å². The van der Waals surface area contributed by atoms with Crippen molar-refractivity contribution in [2.75, 3.05) is 6.61 Å². The third kappa shape index (κ3) is 1.18. The van der Waals surface area contributed by atoms with Crippen molar-refractivity contribution in [1.82, 2.24) is 0 Å². The van der Waals surface area contributed by atoms with Gasteiger partial charge < -0.3 is 5.11 Å². The Morgan fingerprint density at radius 2 is 2.25 bits per heavy atom. The number of carbonyl (C=O) groups is 1. The average molecular weight is 168 g/mol. The van der Waals surface area contributed by atoms with Crippen molar-refractivity contribution in [2.45, 2.75) is 32.1 Å². The van der Waals surface area contributed by atoms with E-state index < -0.39 is 0 Å². The minimum absolute atomic E-state index is 0.251. The number of aliphatic hydroxyl groups is 1. The molecule has 2 fully saturated rings. The largest absolute Gasteiger partial charge is 0.396 e. The van der Waals surface area contributed by atoms with E-state index in [0.29, 0.717) is 23.5 Å². The highest BCUT2D eigenvalue weighted by Crippen LogP contribution is 2.46. The van der Waals surface area contributed by atoms with Gasteiger partial charge >= 0.3 is 0 Å². The maximum absolute atomic E-state index is 11.5. The van der Waals surface area contributed by atoms with Crippen molar-refractivity contribution >= 4 is 5.78 Å². The van der Waals surface area contributed by atoms with Gasteiger partial charge in [-0.05, 0) is 31.1 Å². The summed E-state index contributed by atoms with van der Waals surface area (Å²) in [4.78, 5) is 11.5. The summed E-state index contributed by atoms with van der Waals surface area (Å²) in [5.74, 6) is 1.98. The lowest BCUT2D eigenvalue weighted by Gasteiger charge is -2.15. The summed E-state index contributed by atoms with van der Waals surface area (Å²) < 4.78 is 0. The Morgan fingerprint density at radius 1 is 1.42 bits per heavy atom. The quantitative estimate of drug-likeness (QED) is 0.676. The summed E-state index contributed by atoms with van der Waals surface area (Å²) in [5, 5.41) is 8.82. The second-order valence-electron chi connectivity index (χ2n) is 4.14. The molecular formula is C10H16O2. The molecule has 2 aliphatic carbocycles. The molecule has 0 aliphatic heterocycles. The van der Waals surface area contributed by atoms with Crippen LogP contribution in [-0.2, 0) is 4.79 Å². The topological polar surface area (TPSA) is 37.3 Å². The summed E-state index contributed by atoms with van der Waals surface area (Å²) in [5.41, 5.74) is 0. The molecule has 0 aromatic heterocycles. The standard InChI is InChI=1S/C10H16O2/c11-5-4-7-6-10(12)9-3-1-2-8(7)9/h7-9,11H,1-6H2. The number of ketones is 1. The van der Waals surface area contributed by atoms with E-state index >= 15 is 0 Å². The van der Waals surface area contributed by atoms with Gasteiger partial charge in [0.25, 0.3) is 0 Å². The van der Waals surface area contributed by atoms with Crippen LogP contribution in [0.4, 0.5) is 0 Å². The SMILES string of the molecule is O=C1CC(CCO)C2CCCC12. The molecule has 2 nitrogen and oxygen atoms in total. The fraction of sp³-hybridized carbons (Fsp3) is 0.900. The van der Waals surface area contributed by atoms with Crippen LogP contribution in [0.1, 0.15) is 32.1 Å². The van der Waals surface area contributed by atoms with E-state index in [-0.39, 0.29) is 6.61 Å². The van der Waals surface area contributed by atoms with Crippen LogP contribution in [0.3, 0.4) is 0 Å². The number of Topliss-reactive ketones (excluding diaryl/α,β-unsaturated/α-hetero) is 1. The summed E-state index contributed by atoms with van der Waals surface area (Å²) >= 11 is 0. The molecule has 2 heteroatoms. The minimum atomic E-state index is 0.251. The Hall–Kier alpha value is -0.370. The van der Waals surface area contributed by atoms with Gasteiger partial charge in [0, 0.05) is 18.9 Å². The van der Waals surface area contributed by atoms with E-state index in [4.69, 9.17) is 5.11 Å². The molecule has 0 spiro atoms. The van der Waals surface area contributed by atoms with Gasteiger partial charge in [-0.3, -0.25) is 4.79 Å². The highest BCUT2D eigenvalue weighted by atomic mass is 16.3. The zero-order valence-corrected chi connectivity index (χ0v) is 7.33. The maximum atomic E-state index is 11.5. The van der Waals surface area contributed by atoms with Gasteiger partial charge in [0.05, 0.1) is 0 Å². The van der Waals surface area contributed by atoms with Crippen LogP contribution in [0.2, 0.25) is 0 Å². The smallest absolute Gasteiger partial charge is 0.136 e. The molecule has 0 saturated heterocycles. The summed E-state index contributed by atoms with van der Waals surface area (Å²) in [6.45, 7) is 0.251. The molecule has 0 aromatic rings. The molecule has 2 aliphatic rings. The lowest BCUT2D eigenvalue weighted by molar-refractivity contribution is -0.121. The van der Waals surface area contributed by atoms with Crippen molar-refractivity contribution < 1.29 is 9.90 Å². The number of hydrogen-bond acceptors (Lipinski definition) is 2. The highest BCUT2D eigenvalue weighted by molar-refractivity contribution is 5.84. The Labute approximate surface area is 73.0 Å². The van der Waals surface area contributed by atoms with Gasteiger partial charge in [-0.1, -0.05) is 6.42 Å². The first-order chi connectivity index (χ1) is 5.83. The predicted octanol–water partition coefficient (Wildman–Crippen LogP) is 1.37. The molecule has 12 heavy (non-hydrogen) atoms. The monoisotopic (exact) mass is 168 g/mol. The van der Waals surface area contributed by atoms with E-state index in [2.05, 4.69) is 0 Å². The van der Waals surface area contributed by atoms with E-state index in [1.807, 2.05) is 0 Å². The van der Waals surface area contributed by atoms with Crippen LogP contribution in [-0.4, -0.2) is 17.5 Å². The van der Waals surface area contributed by atoms with Gasteiger partial charge in [-0.15, -0.1) is 0 Å². The van der Waals surface area contributed by atoms with Crippen LogP contribution >= 0.6 is 0 Å². The van der Waals surface area contributed by atoms with Crippen molar-refractivity contribution in [3.05, 3.63) is 0 Å². The van der Waals surface area contributed by atoms with Crippen molar-refractivity contribution in [2.24, 2.45) is 17.8 Å². The van der Waals surface area contributed by atoms with Gasteiger partial charge in [0.1, 0.15) is 5.78 Å². The third-order valence-corrected chi connectivity index (χ3v) is 3.55. The highest BCUT2D eigenvalue weighted by Gasteiger charge is 2.44. The van der Waals surface area contributed by atoms with E-state index in [1.165, 1.54) is 12.8 Å². The zero-order valence-electron chi connectivity index (χ0n) is 7.33. The normalized spacial score (nSPS) is 40.4. The summed E-state index contributed by atoms with van der Waals surface area (Å²) in [7, 11) is 0. The molecule has 0 bridgehead atoms. The third-order valence-electron chi connectivity index (χ3n) is 3.55. The molecule has 2 saturated carbocycles.